The van der Waals surface area contributed by atoms with E-state index in [1.807, 2.05) is 0 Å². The number of rotatable bonds is 2. The van der Waals surface area contributed by atoms with Gasteiger partial charge in [0.05, 0.1) is 0 Å². The van der Waals surface area contributed by atoms with Gasteiger partial charge in [0.25, 0.3) is 0 Å². The molecule has 0 unspecified atom stereocenters. The zero-order chi connectivity index (χ0) is 6.74. The van der Waals surface area contributed by atoms with Crippen molar-refractivity contribution in [2.24, 2.45) is 15.2 Å². The van der Waals surface area contributed by atoms with E-state index in [1.54, 1.807) is 0 Å². The molecule has 0 saturated heterocycles. The largest absolute Gasteiger partial charge is 0.240 e. The van der Waals surface area contributed by atoms with Crippen LogP contribution in [0.5, 0.6) is 0 Å². The fourth-order valence-electron chi connectivity index (χ4n) is 0.866. The van der Waals surface area contributed by atoms with E-state index < -0.39 is 0 Å². The Morgan fingerprint density at radius 1 is 1.30 bits per heavy atom. The zero-order valence-corrected chi connectivity index (χ0v) is 7.08. The smallest absolute Gasteiger partial charge is 0.172 e. The van der Waals surface area contributed by atoms with Crippen molar-refractivity contribution in [2.45, 2.75) is 32.4 Å². The van der Waals surface area contributed by atoms with Crippen molar-refractivity contribution < 1.29 is 17.1 Å². The normalized spacial score (nSPS) is 19.0. The SMILES string of the molecule is CCC1(CC)N=CN=N1.[Cu]. The number of hydrogen-bond acceptors (Lipinski definition) is 3. The second-order valence-electron chi connectivity index (χ2n) is 2.15. The Hall–Kier alpha value is -0.211. The van der Waals surface area contributed by atoms with Crippen molar-refractivity contribution in [2.75, 3.05) is 0 Å². The van der Waals surface area contributed by atoms with Crippen LogP contribution < -0.4 is 0 Å². The molecule has 1 radical (unpaired) electrons. The molecule has 1 heterocycles. The van der Waals surface area contributed by atoms with Gasteiger partial charge < -0.3 is 0 Å². The van der Waals surface area contributed by atoms with E-state index >= 15 is 0 Å². The van der Waals surface area contributed by atoms with Gasteiger partial charge in [0.2, 0.25) is 0 Å². The quantitative estimate of drug-likeness (QED) is 0.595. The molecule has 0 aromatic heterocycles. The van der Waals surface area contributed by atoms with E-state index in [9.17, 15) is 0 Å². The number of azo groups is 1. The molecule has 0 amide bonds. The van der Waals surface area contributed by atoms with E-state index in [0.29, 0.717) is 0 Å². The molecule has 3 nitrogen and oxygen atoms in total. The summed E-state index contributed by atoms with van der Waals surface area (Å²) in [6.07, 6.45) is 3.43. The van der Waals surface area contributed by atoms with Gasteiger partial charge in [0.1, 0.15) is 6.34 Å². The van der Waals surface area contributed by atoms with E-state index in [2.05, 4.69) is 29.1 Å². The van der Waals surface area contributed by atoms with Gasteiger partial charge in [0.15, 0.2) is 5.66 Å². The van der Waals surface area contributed by atoms with Gasteiger partial charge in [-0.2, -0.15) is 5.11 Å². The number of hydrogen-bond donors (Lipinski definition) is 0. The number of aliphatic imine (C=N–C) groups is 1. The maximum atomic E-state index is 4.15. The van der Waals surface area contributed by atoms with Crippen LogP contribution in [0.1, 0.15) is 26.7 Å². The van der Waals surface area contributed by atoms with Crippen molar-refractivity contribution in [1.29, 1.82) is 0 Å². The molecule has 0 atom stereocenters. The van der Waals surface area contributed by atoms with Crippen molar-refractivity contribution in [3.8, 4) is 0 Å². The van der Waals surface area contributed by atoms with E-state index in [-0.39, 0.29) is 22.7 Å². The molecule has 0 fully saturated rings. The van der Waals surface area contributed by atoms with E-state index in [0.717, 1.165) is 12.8 Å². The third-order valence-electron chi connectivity index (χ3n) is 1.73. The van der Waals surface area contributed by atoms with Crippen LogP contribution in [0.15, 0.2) is 15.2 Å². The summed E-state index contributed by atoms with van der Waals surface area (Å²) in [7, 11) is 0. The first-order valence-corrected chi connectivity index (χ1v) is 3.28. The minimum Gasteiger partial charge on any atom is -0.240 e. The van der Waals surface area contributed by atoms with Gasteiger partial charge in [-0.25, -0.2) is 4.99 Å². The standard InChI is InChI=1S/C6H11N3.Cu/c1-3-6(4-2)7-5-8-9-6;/h5H,3-4H2,1-2H3;. The molecule has 0 spiro atoms. The molecule has 10 heavy (non-hydrogen) atoms. The summed E-state index contributed by atoms with van der Waals surface area (Å²) in [5.74, 6) is 0. The van der Waals surface area contributed by atoms with Gasteiger partial charge in [-0.1, -0.05) is 13.8 Å². The molecular formula is C6H11CuN3. The third kappa shape index (κ3) is 1.64. The summed E-state index contributed by atoms with van der Waals surface area (Å²) < 4.78 is 0. The summed E-state index contributed by atoms with van der Waals surface area (Å²) in [5.41, 5.74) is -0.194. The van der Waals surface area contributed by atoms with Gasteiger partial charge in [-0.15, -0.1) is 5.11 Å². The second kappa shape index (κ2) is 3.84. The minimum atomic E-state index is -0.194. The molecule has 0 aliphatic carbocycles. The summed E-state index contributed by atoms with van der Waals surface area (Å²) in [5, 5.41) is 7.72. The first kappa shape index (κ1) is 9.79. The molecular weight excluding hydrogens is 178 g/mol. The Kier molecular flexibility index (Phi) is 3.76. The van der Waals surface area contributed by atoms with Gasteiger partial charge in [-0.05, 0) is 12.8 Å². The average Bonchev–Trinajstić information content (AvgIpc) is 2.36. The van der Waals surface area contributed by atoms with Crippen molar-refractivity contribution in [1.82, 2.24) is 0 Å². The molecule has 0 aromatic carbocycles. The Balaban J connectivity index is 0.000000810. The molecule has 61 valence electrons. The van der Waals surface area contributed by atoms with Gasteiger partial charge in [0, 0.05) is 17.1 Å². The zero-order valence-electron chi connectivity index (χ0n) is 6.13. The summed E-state index contributed by atoms with van der Waals surface area (Å²) in [6.45, 7) is 4.15. The van der Waals surface area contributed by atoms with Crippen LogP contribution in [-0.2, 0) is 17.1 Å². The Morgan fingerprint density at radius 2 is 1.90 bits per heavy atom. The van der Waals surface area contributed by atoms with Crippen LogP contribution in [0, 0.1) is 0 Å². The fourth-order valence-corrected chi connectivity index (χ4v) is 0.866. The maximum Gasteiger partial charge on any atom is 0.172 e. The molecule has 1 aliphatic heterocycles. The van der Waals surface area contributed by atoms with Crippen LogP contribution in [0.2, 0.25) is 0 Å². The molecule has 0 aromatic rings. The Morgan fingerprint density at radius 3 is 2.10 bits per heavy atom. The predicted molar refractivity (Wildman–Crippen MR) is 36.7 cm³/mol. The topological polar surface area (TPSA) is 37.1 Å². The summed E-state index contributed by atoms with van der Waals surface area (Å²) >= 11 is 0. The average molecular weight is 189 g/mol. The van der Waals surface area contributed by atoms with Crippen LogP contribution in [0.25, 0.3) is 0 Å². The Labute approximate surface area is 71.5 Å². The molecule has 4 heteroatoms. The number of nitrogens with zero attached hydrogens (tertiary/aromatic N) is 3. The Bertz CT molecular complexity index is 135. The van der Waals surface area contributed by atoms with Gasteiger partial charge >= 0.3 is 0 Å². The molecule has 0 saturated carbocycles. The minimum absolute atomic E-state index is 0. The first-order chi connectivity index (χ1) is 4.33. The second-order valence-corrected chi connectivity index (χ2v) is 2.15. The molecule has 1 aliphatic rings. The van der Waals surface area contributed by atoms with Crippen LogP contribution in [0.4, 0.5) is 0 Å². The third-order valence-corrected chi connectivity index (χ3v) is 1.73. The fraction of sp³-hybridized carbons (Fsp3) is 0.833. The maximum absolute atomic E-state index is 4.15. The molecule has 0 bridgehead atoms. The van der Waals surface area contributed by atoms with Gasteiger partial charge in [-0.3, -0.25) is 0 Å². The van der Waals surface area contributed by atoms with Crippen LogP contribution in [-0.4, -0.2) is 12.0 Å². The van der Waals surface area contributed by atoms with Crippen molar-refractivity contribution >= 4 is 6.34 Å². The molecule has 0 N–H and O–H groups in total. The van der Waals surface area contributed by atoms with Crippen molar-refractivity contribution in [3.63, 3.8) is 0 Å². The first-order valence-electron chi connectivity index (χ1n) is 3.28. The van der Waals surface area contributed by atoms with Crippen LogP contribution in [0.3, 0.4) is 0 Å². The molecule has 1 rings (SSSR count). The predicted octanol–water partition coefficient (Wildman–Crippen LogP) is 1.99. The summed E-state index contributed by atoms with van der Waals surface area (Å²) in [6, 6.07) is 0. The summed E-state index contributed by atoms with van der Waals surface area (Å²) in [4.78, 5) is 4.15. The van der Waals surface area contributed by atoms with Crippen molar-refractivity contribution in [3.05, 3.63) is 0 Å². The van der Waals surface area contributed by atoms with Crippen LogP contribution >= 0.6 is 0 Å². The monoisotopic (exact) mass is 188 g/mol. The van der Waals surface area contributed by atoms with E-state index in [4.69, 9.17) is 0 Å². The van der Waals surface area contributed by atoms with E-state index in [1.165, 1.54) is 6.34 Å².